The van der Waals surface area contributed by atoms with Crippen LogP contribution in [-0.4, -0.2) is 29.9 Å². The lowest BCUT2D eigenvalue weighted by Crippen LogP contribution is -2.45. The van der Waals surface area contributed by atoms with Crippen molar-refractivity contribution in [1.82, 2.24) is 5.32 Å². The fourth-order valence-corrected chi connectivity index (χ4v) is 3.41. The summed E-state index contributed by atoms with van der Waals surface area (Å²) in [6.45, 7) is 5.25. The maximum atomic E-state index is 12.7. The van der Waals surface area contributed by atoms with Gasteiger partial charge in [0.1, 0.15) is 17.1 Å². The molecule has 30 heavy (non-hydrogen) atoms. The Labute approximate surface area is 184 Å². The number of carbonyl (C=O) groups excluding carboxylic acids is 3. The molecule has 2 amide bonds. The number of hydrogen-bond donors (Lipinski definition) is 2. The van der Waals surface area contributed by atoms with Crippen molar-refractivity contribution in [3.05, 3.63) is 51.9 Å². The second-order valence-electron chi connectivity index (χ2n) is 7.01. The van der Waals surface area contributed by atoms with Crippen LogP contribution in [0.15, 0.2) is 35.7 Å². The van der Waals surface area contributed by atoms with Crippen LogP contribution in [0.3, 0.4) is 0 Å². The first-order chi connectivity index (χ1) is 14.2. The van der Waals surface area contributed by atoms with Gasteiger partial charge in [-0.1, -0.05) is 25.4 Å². The zero-order valence-electron chi connectivity index (χ0n) is 16.8. The van der Waals surface area contributed by atoms with E-state index < -0.39 is 29.9 Å². The molecule has 0 bridgehead atoms. The molecule has 2 atom stereocenters. The monoisotopic (exact) mass is 447 g/mol. The summed E-state index contributed by atoms with van der Waals surface area (Å²) in [4.78, 5) is 37.5. The summed E-state index contributed by atoms with van der Waals surface area (Å²) in [5, 5.41) is 16.8. The highest BCUT2D eigenvalue weighted by Gasteiger charge is 2.28. The zero-order chi connectivity index (χ0) is 22.3. The van der Waals surface area contributed by atoms with Crippen LogP contribution in [0.4, 0.5) is 5.00 Å². The van der Waals surface area contributed by atoms with E-state index in [1.165, 1.54) is 18.3 Å². The van der Waals surface area contributed by atoms with E-state index in [0.717, 1.165) is 0 Å². The molecule has 1 heterocycles. The van der Waals surface area contributed by atoms with Crippen LogP contribution in [0.1, 0.15) is 43.1 Å². The van der Waals surface area contributed by atoms with Gasteiger partial charge in [-0.3, -0.25) is 9.59 Å². The third kappa shape index (κ3) is 6.58. The number of rotatable bonds is 8. The Morgan fingerprint density at radius 1 is 1.17 bits per heavy atom. The first-order valence-corrected chi connectivity index (χ1v) is 10.5. The lowest BCUT2D eigenvalue weighted by molar-refractivity contribution is -0.155. The van der Waals surface area contributed by atoms with E-state index in [-0.39, 0.29) is 5.92 Å². The van der Waals surface area contributed by atoms with Crippen LogP contribution in [0.2, 0.25) is 5.02 Å². The molecule has 0 aliphatic carbocycles. The number of hydrogen-bond acceptors (Lipinski definition) is 6. The van der Waals surface area contributed by atoms with Crippen molar-refractivity contribution < 1.29 is 19.1 Å². The molecule has 9 heteroatoms. The summed E-state index contributed by atoms with van der Waals surface area (Å²) in [5.74, 6) is -1.61. The highest BCUT2D eigenvalue weighted by Crippen LogP contribution is 2.22. The quantitative estimate of drug-likeness (QED) is 0.595. The van der Waals surface area contributed by atoms with Gasteiger partial charge in [0.15, 0.2) is 6.10 Å². The van der Waals surface area contributed by atoms with Gasteiger partial charge in [-0.05, 0) is 55.0 Å². The fraction of sp³-hybridized carbons (Fsp3) is 0.333. The SMILES string of the molecule is CC(C)CC(NC(=O)c1ccc(Cl)cc1)C(=O)OC(C)C(=O)Nc1sccc1C#N. The normalized spacial score (nSPS) is 12.5. The van der Waals surface area contributed by atoms with Crippen molar-refractivity contribution in [3.8, 4) is 6.07 Å². The molecule has 0 aliphatic rings. The molecule has 0 aliphatic heterocycles. The second-order valence-corrected chi connectivity index (χ2v) is 8.36. The number of benzene rings is 1. The highest BCUT2D eigenvalue weighted by atomic mass is 35.5. The molecule has 2 aromatic rings. The number of halogens is 1. The first kappa shape index (κ1) is 23.4. The van der Waals surface area contributed by atoms with Crippen molar-refractivity contribution >= 4 is 45.7 Å². The Bertz CT molecular complexity index is 950. The van der Waals surface area contributed by atoms with Gasteiger partial charge in [-0.15, -0.1) is 11.3 Å². The highest BCUT2D eigenvalue weighted by molar-refractivity contribution is 7.14. The van der Waals surface area contributed by atoms with Crippen LogP contribution in [0.5, 0.6) is 0 Å². The Hall–Kier alpha value is -2.89. The molecular formula is C21H22ClN3O4S. The van der Waals surface area contributed by atoms with E-state index in [4.69, 9.17) is 21.6 Å². The third-order valence-electron chi connectivity index (χ3n) is 4.09. The molecule has 7 nitrogen and oxygen atoms in total. The van der Waals surface area contributed by atoms with Crippen LogP contribution >= 0.6 is 22.9 Å². The minimum Gasteiger partial charge on any atom is -0.451 e. The summed E-state index contributed by atoms with van der Waals surface area (Å²) in [5.41, 5.74) is 0.688. The predicted octanol–water partition coefficient (Wildman–Crippen LogP) is 3.99. The summed E-state index contributed by atoms with van der Waals surface area (Å²) in [6, 6.07) is 8.92. The molecule has 0 saturated carbocycles. The van der Waals surface area contributed by atoms with E-state index in [1.54, 1.807) is 35.7 Å². The Morgan fingerprint density at radius 2 is 1.83 bits per heavy atom. The number of nitrogens with one attached hydrogen (secondary N) is 2. The molecule has 0 saturated heterocycles. The van der Waals surface area contributed by atoms with Crippen molar-refractivity contribution in [2.75, 3.05) is 5.32 Å². The van der Waals surface area contributed by atoms with Gasteiger partial charge in [0, 0.05) is 10.6 Å². The summed E-state index contributed by atoms with van der Waals surface area (Å²) in [7, 11) is 0. The molecule has 2 rings (SSSR count). The van der Waals surface area contributed by atoms with Gasteiger partial charge < -0.3 is 15.4 Å². The van der Waals surface area contributed by atoms with Crippen LogP contribution < -0.4 is 10.6 Å². The number of nitriles is 1. The van der Waals surface area contributed by atoms with Gasteiger partial charge in [-0.2, -0.15) is 5.26 Å². The second kappa shape index (κ2) is 10.8. The van der Waals surface area contributed by atoms with Gasteiger partial charge in [0.05, 0.1) is 5.56 Å². The number of carbonyl (C=O) groups is 3. The molecule has 1 aromatic heterocycles. The van der Waals surface area contributed by atoms with Crippen molar-refractivity contribution in [1.29, 1.82) is 5.26 Å². The first-order valence-electron chi connectivity index (χ1n) is 9.26. The lowest BCUT2D eigenvalue weighted by Gasteiger charge is -2.21. The van der Waals surface area contributed by atoms with Crippen molar-refractivity contribution in [2.24, 2.45) is 5.92 Å². The number of amides is 2. The largest absolute Gasteiger partial charge is 0.451 e. The number of esters is 1. The number of ether oxygens (including phenoxy) is 1. The summed E-state index contributed by atoms with van der Waals surface area (Å²) < 4.78 is 5.29. The number of anilines is 1. The zero-order valence-corrected chi connectivity index (χ0v) is 18.3. The van der Waals surface area contributed by atoms with Gasteiger partial charge in [0.2, 0.25) is 0 Å². The van der Waals surface area contributed by atoms with Gasteiger partial charge in [0.25, 0.3) is 11.8 Å². The lowest BCUT2D eigenvalue weighted by atomic mass is 10.0. The van der Waals surface area contributed by atoms with E-state index in [0.29, 0.717) is 27.6 Å². The average molecular weight is 448 g/mol. The fourth-order valence-electron chi connectivity index (χ4n) is 2.55. The van der Waals surface area contributed by atoms with Crippen molar-refractivity contribution in [3.63, 3.8) is 0 Å². The smallest absolute Gasteiger partial charge is 0.329 e. The molecule has 2 unspecified atom stereocenters. The molecule has 158 valence electrons. The van der Waals surface area contributed by atoms with E-state index >= 15 is 0 Å². The van der Waals surface area contributed by atoms with Gasteiger partial charge in [-0.25, -0.2) is 4.79 Å². The maximum absolute atomic E-state index is 12.7. The molecule has 1 aromatic carbocycles. The van der Waals surface area contributed by atoms with Crippen LogP contribution in [0.25, 0.3) is 0 Å². The molecular weight excluding hydrogens is 426 g/mol. The van der Waals surface area contributed by atoms with E-state index in [1.807, 2.05) is 19.9 Å². The molecule has 2 N–H and O–H groups in total. The maximum Gasteiger partial charge on any atom is 0.329 e. The third-order valence-corrected chi connectivity index (χ3v) is 5.17. The summed E-state index contributed by atoms with van der Waals surface area (Å²) >= 11 is 7.04. The summed E-state index contributed by atoms with van der Waals surface area (Å²) in [6.07, 6.45) is -0.760. The minimum atomic E-state index is -1.10. The molecule has 0 fully saturated rings. The molecule has 0 spiro atoms. The Kier molecular flexibility index (Phi) is 8.39. The van der Waals surface area contributed by atoms with Crippen LogP contribution in [-0.2, 0) is 14.3 Å². The topological polar surface area (TPSA) is 108 Å². The predicted molar refractivity (Wildman–Crippen MR) is 115 cm³/mol. The number of thiophene rings is 1. The Morgan fingerprint density at radius 3 is 2.43 bits per heavy atom. The number of nitrogens with zero attached hydrogens (tertiary/aromatic N) is 1. The van der Waals surface area contributed by atoms with Gasteiger partial charge >= 0.3 is 5.97 Å². The Balaban J connectivity index is 2.03. The van der Waals surface area contributed by atoms with E-state index in [9.17, 15) is 14.4 Å². The van der Waals surface area contributed by atoms with Crippen molar-refractivity contribution in [2.45, 2.75) is 39.3 Å². The van der Waals surface area contributed by atoms with E-state index in [2.05, 4.69) is 10.6 Å². The molecule has 0 radical (unpaired) electrons. The standard InChI is InChI=1S/C21H22ClN3O4S/c1-12(2)10-17(24-19(27)14-4-6-16(22)7-5-14)21(28)29-13(3)18(26)25-20-15(11-23)8-9-30-20/h4-9,12-13,17H,10H2,1-3H3,(H,24,27)(H,25,26). The average Bonchev–Trinajstić information content (AvgIpc) is 3.14. The minimum absolute atomic E-state index is 0.0986. The van der Waals surface area contributed by atoms with Crippen LogP contribution in [0, 0.1) is 17.2 Å².